The van der Waals surface area contributed by atoms with Crippen molar-refractivity contribution in [1.29, 1.82) is 0 Å². The third kappa shape index (κ3) is 80.3. The fraction of sp³-hybridized carbons (Fsp3) is 0.442. The van der Waals surface area contributed by atoms with Crippen molar-refractivity contribution in [2.45, 2.75) is 274 Å². The summed E-state index contributed by atoms with van der Waals surface area (Å²) in [6, 6.07) is 76.9. The Balaban J connectivity index is -0.000000292. The van der Waals surface area contributed by atoms with Crippen LogP contribution in [0.2, 0.25) is 50.4 Å². The number of hydrogen-bond acceptors (Lipinski definition) is 12. The second kappa shape index (κ2) is 72.7. The highest BCUT2D eigenvalue weighted by molar-refractivity contribution is 6.78. The monoisotopic (exact) mass is 1660 g/mol. The number of unbranched alkanes of at least 4 members (excludes halogenated alkanes) is 1. The van der Waals surface area contributed by atoms with E-state index in [0.29, 0.717) is 36.9 Å². The van der Waals surface area contributed by atoms with E-state index < -0.39 is 16.1 Å². The van der Waals surface area contributed by atoms with Gasteiger partial charge in [-0.3, -0.25) is 24.0 Å². The maximum atomic E-state index is 11.0. The van der Waals surface area contributed by atoms with Gasteiger partial charge >= 0.3 is 29.8 Å². The molecule has 1 aliphatic carbocycles. The van der Waals surface area contributed by atoms with Crippen LogP contribution in [0.15, 0.2) is 250 Å². The van der Waals surface area contributed by atoms with Crippen LogP contribution < -0.4 is 4.74 Å². The molecule has 14 heteroatoms. The Bertz CT molecular complexity index is 3640. The van der Waals surface area contributed by atoms with Crippen LogP contribution >= 0.6 is 0 Å². The van der Waals surface area contributed by atoms with Crippen LogP contribution in [0.4, 0.5) is 0 Å². The Morgan fingerprint density at radius 1 is 0.424 bits per heavy atom. The summed E-state index contributed by atoms with van der Waals surface area (Å²) in [5, 5.41) is 0.576. The van der Waals surface area contributed by atoms with E-state index in [-0.39, 0.29) is 47.1 Å². The molecule has 0 saturated heterocycles. The van der Waals surface area contributed by atoms with Crippen molar-refractivity contribution in [3.63, 3.8) is 0 Å². The number of carbonyl (C=O) groups is 6. The Morgan fingerprint density at radius 2 is 0.746 bits per heavy atom. The second-order valence-corrected chi connectivity index (χ2v) is 44.5. The van der Waals surface area contributed by atoms with Gasteiger partial charge in [0.1, 0.15) is 37.0 Å². The smallest absolute Gasteiger partial charge is 0.303 e. The normalized spacial score (nSPS) is 10.1. The molecular formula is C104H160O12Si2. The lowest BCUT2D eigenvalue weighted by atomic mass is 9.98. The number of rotatable bonds is 15. The molecule has 0 bridgehead atoms. The molecule has 1 aliphatic rings. The molecule has 656 valence electrons. The van der Waals surface area contributed by atoms with Crippen molar-refractivity contribution in [2.24, 2.45) is 5.41 Å². The molecule has 0 fully saturated rings. The van der Waals surface area contributed by atoms with E-state index in [4.69, 9.17) is 23.7 Å². The summed E-state index contributed by atoms with van der Waals surface area (Å²) in [5.74, 6) is 0.139. The highest BCUT2D eigenvalue weighted by Crippen LogP contribution is 2.44. The highest BCUT2D eigenvalue weighted by Gasteiger charge is 2.30. The topological polar surface area (TPSA) is 158 Å². The van der Waals surface area contributed by atoms with Gasteiger partial charge in [0.2, 0.25) is 0 Å². The van der Waals surface area contributed by atoms with Crippen molar-refractivity contribution in [3.8, 4) is 28.0 Å². The zero-order valence-electron chi connectivity index (χ0n) is 79.5. The highest BCUT2D eigenvalue weighted by atomic mass is 28.3. The van der Waals surface area contributed by atoms with E-state index in [9.17, 15) is 28.8 Å². The average molecular weight is 1660 g/mol. The van der Waals surface area contributed by atoms with Gasteiger partial charge in [0.15, 0.2) is 0 Å². The number of Topliss-reactive ketones (excluding diaryl/α,β-unsaturated/α-hetero) is 1. The summed E-state index contributed by atoms with van der Waals surface area (Å²) in [6.45, 7) is 70.8. The van der Waals surface area contributed by atoms with Gasteiger partial charge in [-0.25, -0.2) is 0 Å². The lowest BCUT2D eigenvalue weighted by molar-refractivity contribution is -0.152. The predicted octanol–water partition coefficient (Wildman–Crippen LogP) is 29.1. The van der Waals surface area contributed by atoms with Crippen molar-refractivity contribution in [3.05, 3.63) is 283 Å². The quantitative estimate of drug-likeness (QED) is 0.0415. The van der Waals surface area contributed by atoms with Crippen molar-refractivity contribution in [1.82, 2.24) is 0 Å². The van der Waals surface area contributed by atoms with E-state index in [0.717, 1.165) is 36.6 Å². The Labute approximate surface area is 721 Å². The summed E-state index contributed by atoms with van der Waals surface area (Å²) < 4.78 is 29.0. The summed E-state index contributed by atoms with van der Waals surface area (Å²) in [5.41, 5.74) is 12.8. The minimum absolute atomic E-state index is 0.167. The third-order valence-corrected chi connectivity index (χ3v) is 21.3. The molecule has 0 atom stereocenters. The largest absolute Gasteiger partial charge is 0.497 e. The van der Waals surface area contributed by atoms with Gasteiger partial charge in [-0.2, -0.15) is 0 Å². The molecule has 8 aromatic rings. The molecule has 12 nitrogen and oxygen atoms in total. The summed E-state index contributed by atoms with van der Waals surface area (Å²) in [7, 11) is -0.179. The minimum atomic E-state index is -1.00. The molecule has 9 rings (SSSR count). The van der Waals surface area contributed by atoms with E-state index in [2.05, 4.69) is 269 Å². The van der Waals surface area contributed by atoms with Gasteiger partial charge in [-0.1, -0.05) is 386 Å². The number of methoxy groups -OCH3 is 1. The molecule has 8 aromatic carbocycles. The summed E-state index contributed by atoms with van der Waals surface area (Å²) >= 11 is 0. The van der Waals surface area contributed by atoms with Gasteiger partial charge in [0.05, 0.1) is 13.7 Å². The van der Waals surface area contributed by atoms with Gasteiger partial charge in [0.25, 0.3) is 0 Å². The number of aryl methyl sites for hydroxylation is 3. The Hall–Kier alpha value is -9.51. The number of fused-ring (bicyclic) bond motifs is 3. The first-order chi connectivity index (χ1) is 55.1. The zero-order chi connectivity index (χ0) is 91.8. The van der Waals surface area contributed by atoms with Crippen LogP contribution in [0.25, 0.3) is 22.3 Å². The third-order valence-electron chi connectivity index (χ3n) is 15.1. The van der Waals surface area contributed by atoms with Gasteiger partial charge in [0, 0.05) is 56.7 Å². The molecule has 0 aromatic heterocycles. The molecule has 118 heavy (non-hydrogen) atoms. The fourth-order valence-electron chi connectivity index (χ4n) is 8.08. The molecule has 0 saturated carbocycles. The Kier molecular flexibility index (Phi) is 73.5. The van der Waals surface area contributed by atoms with Crippen molar-refractivity contribution >= 4 is 51.8 Å². The first-order valence-corrected chi connectivity index (χ1v) is 48.8. The molecular weight excluding hydrogens is 1500 g/mol. The molecule has 0 spiro atoms. The first kappa shape index (κ1) is 119. The van der Waals surface area contributed by atoms with E-state index in [1.54, 1.807) is 7.11 Å². The molecule has 0 amide bonds. The second-order valence-electron chi connectivity index (χ2n) is 32.9. The number of ketones is 1. The average Bonchev–Trinajstić information content (AvgIpc) is 1.61. The maximum Gasteiger partial charge on any atom is 0.303 e. The van der Waals surface area contributed by atoms with Gasteiger partial charge in [-0.15, -0.1) is 6.58 Å². The van der Waals surface area contributed by atoms with Crippen LogP contribution in [-0.2, 0) is 71.9 Å². The lowest BCUT2D eigenvalue weighted by Gasteiger charge is -2.32. The maximum absolute atomic E-state index is 11.0. The number of carbonyl (C=O) groups excluding carboxylic acids is 6. The van der Waals surface area contributed by atoms with E-state index in [1.165, 1.54) is 117 Å². The van der Waals surface area contributed by atoms with Crippen LogP contribution in [0, 0.1) is 12.3 Å². The van der Waals surface area contributed by atoms with Crippen LogP contribution in [-0.4, -0.2) is 84.3 Å². The summed E-state index contributed by atoms with van der Waals surface area (Å²) in [6.07, 6.45) is 9.32. The van der Waals surface area contributed by atoms with Crippen LogP contribution in [0.5, 0.6) is 5.75 Å². The molecule has 0 N–H and O–H groups in total. The van der Waals surface area contributed by atoms with Crippen molar-refractivity contribution in [2.75, 3.05) is 26.9 Å². The number of benzene rings is 8. The summed E-state index contributed by atoms with van der Waals surface area (Å²) in [4.78, 5) is 61.3. The van der Waals surface area contributed by atoms with Crippen LogP contribution in [0.3, 0.4) is 0 Å². The van der Waals surface area contributed by atoms with Gasteiger partial charge < -0.3 is 33.2 Å². The van der Waals surface area contributed by atoms with Crippen molar-refractivity contribution < 1.29 is 57.2 Å². The SMILES string of the molecule is C=CCCC.C=CCOC(C)=O.CC.CC(=O)OC(C)(C)C.CC(=O)OCC1c2ccccc2-c2ccccc21.CC(=O)OCC[Si](C)(C)C.CC(=O)OCc1ccccc1.CC(C)(C)C.CC(C)(C)[Si](C)(C)C.CC(C)=O.CCC.CCc1ccc(OC)cc1.CCc1ccccc1.Cc1ccccc1.c1ccc(-c2ccccc2)cc1. The molecule has 0 unspecified atom stereocenters. The van der Waals surface area contributed by atoms with E-state index >= 15 is 0 Å². The number of esters is 5. The van der Waals surface area contributed by atoms with Gasteiger partial charge in [-0.05, 0) is 140 Å². The molecule has 0 aliphatic heterocycles. The zero-order valence-corrected chi connectivity index (χ0v) is 81.5. The fourth-order valence-corrected chi connectivity index (χ4v) is 8.80. The number of ether oxygens (including phenoxy) is 6. The lowest BCUT2D eigenvalue weighted by Crippen LogP contribution is -2.32. The minimum Gasteiger partial charge on any atom is -0.497 e. The molecule has 0 radical (unpaired) electrons. The predicted molar refractivity (Wildman–Crippen MR) is 514 cm³/mol. The standard InChI is InChI=1S/C16H14O2.C12H10.C9H10O2.C9H12O.C8H10.C7H16O2Si.C7H18Si.C7H8.C6H12O2.C5H8O2.C5H12.C5H10.C3H6O.C3H8.C2H6/c1-11(17)18-10-16-14-8-4-2-6-12(14)13-7-3-5-9-15(13)16;1-3-7-11(8-4-1)12-9-5-2-6-10-12;1-8(10)11-7-9-5-3-2-4-6-9;1-3-8-4-6-9(10-2)7-5-8;1-2-8-6-4-3-5-7-8;1-7(8)9-5-6-10(2,3)4;1-7(2,3)8(4,5)6;1-7-5-3-2-4-6-7;1-5(7)8-6(2,3)4;1-3-4-7-5(2)6;1-5(2,3)4;1-3-5-4-2;1-3(2)4;1-3-2;1-2/h2-9,16H,10H2,1H3;1-10H;2-6H,7H2,1H3;4-7H,3H2,1-2H3;3-7H,2H2,1H3;5-6H2,1-4H3;1-6H3;2-6H,1H3;1-4H3;3H,1,4H2,2H3;1-4H3;3H,1,4-5H2,2H3;1-2H3;3H2,1-2H3;1-2H3. The molecule has 0 heterocycles. The first-order valence-electron chi connectivity index (χ1n) is 41.6. The Morgan fingerprint density at radius 3 is 0.983 bits per heavy atom. The van der Waals surface area contributed by atoms with E-state index in [1.807, 2.05) is 144 Å². The number of hydrogen-bond donors (Lipinski definition) is 0. The number of allylic oxidation sites excluding steroid dienone is 1. The van der Waals surface area contributed by atoms with Crippen LogP contribution in [0.1, 0.15) is 225 Å².